The molecule has 0 aliphatic carbocycles. The van der Waals surface area contributed by atoms with Crippen molar-refractivity contribution in [2.45, 2.75) is 46.3 Å². The predicted octanol–water partition coefficient (Wildman–Crippen LogP) is 5.62. The number of carbonyl (C=O) groups is 2. The van der Waals surface area contributed by atoms with E-state index in [4.69, 9.17) is 17.3 Å². The summed E-state index contributed by atoms with van der Waals surface area (Å²) in [5.74, 6) is -0.691. The Labute approximate surface area is 206 Å². The normalized spacial score (nSPS) is 15.1. The molecule has 2 N–H and O–H groups in total. The molecule has 5 nitrogen and oxygen atoms in total. The zero-order chi connectivity index (χ0) is 25.7. The SMILES string of the molecule is Cc1c(C(=O)N2CCC(C(N)=O)CC2)ccc(Cl)c1Cn1cc(C)c2cc(C(F)(F)F)cc(C)c21. The van der Waals surface area contributed by atoms with E-state index >= 15 is 0 Å². The van der Waals surface area contributed by atoms with Crippen LogP contribution in [0.1, 0.15) is 51.0 Å². The Kier molecular flexibility index (Phi) is 6.62. The largest absolute Gasteiger partial charge is 0.416 e. The number of piperidine rings is 1. The number of likely N-dealkylation sites (tertiary alicyclic amines) is 1. The summed E-state index contributed by atoms with van der Waals surface area (Å²) in [6.07, 6.45) is -1.53. The summed E-state index contributed by atoms with van der Waals surface area (Å²) in [7, 11) is 0. The van der Waals surface area contributed by atoms with E-state index in [1.807, 2.05) is 17.7 Å². The number of aromatic nitrogens is 1. The molecule has 1 saturated heterocycles. The molecule has 4 rings (SSSR count). The van der Waals surface area contributed by atoms with Crippen LogP contribution >= 0.6 is 11.6 Å². The summed E-state index contributed by atoms with van der Waals surface area (Å²) >= 11 is 6.54. The van der Waals surface area contributed by atoms with Gasteiger partial charge in [0.1, 0.15) is 0 Å². The maximum absolute atomic E-state index is 13.3. The van der Waals surface area contributed by atoms with Crippen LogP contribution in [-0.2, 0) is 17.5 Å². The van der Waals surface area contributed by atoms with Gasteiger partial charge in [-0.3, -0.25) is 9.59 Å². The number of benzene rings is 2. The van der Waals surface area contributed by atoms with Gasteiger partial charge in [0.05, 0.1) is 11.1 Å². The average Bonchev–Trinajstić information content (AvgIpc) is 3.11. The van der Waals surface area contributed by atoms with E-state index in [2.05, 4.69) is 0 Å². The lowest BCUT2D eigenvalue weighted by Crippen LogP contribution is -2.42. The van der Waals surface area contributed by atoms with E-state index in [9.17, 15) is 22.8 Å². The number of primary amides is 1. The first-order chi connectivity index (χ1) is 16.4. The Bertz CT molecular complexity index is 1320. The number of halogens is 4. The van der Waals surface area contributed by atoms with Crippen LogP contribution in [0.3, 0.4) is 0 Å². The van der Waals surface area contributed by atoms with E-state index < -0.39 is 11.7 Å². The zero-order valence-electron chi connectivity index (χ0n) is 19.8. The van der Waals surface area contributed by atoms with Gasteiger partial charge in [-0.2, -0.15) is 13.2 Å². The number of amides is 2. The number of carbonyl (C=O) groups excluding carboxylic acids is 2. The number of alkyl halides is 3. The van der Waals surface area contributed by atoms with Crippen LogP contribution in [0.4, 0.5) is 13.2 Å². The molecule has 2 aromatic carbocycles. The van der Waals surface area contributed by atoms with E-state index in [1.165, 1.54) is 6.07 Å². The molecule has 1 aromatic heterocycles. The second-order valence-electron chi connectivity index (χ2n) is 9.29. The topological polar surface area (TPSA) is 68.3 Å². The highest BCUT2D eigenvalue weighted by Crippen LogP contribution is 2.36. The van der Waals surface area contributed by atoms with Crippen LogP contribution < -0.4 is 5.73 Å². The summed E-state index contributed by atoms with van der Waals surface area (Å²) < 4.78 is 41.9. The fourth-order valence-electron chi connectivity index (χ4n) is 4.97. The minimum atomic E-state index is -4.42. The van der Waals surface area contributed by atoms with Gasteiger partial charge < -0.3 is 15.2 Å². The molecule has 2 heterocycles. The van der Waals surface area contributed by atoms with Crippen LogP contribution in [0.25, 0.3) is 10.9 Å². The van der Waals surface area contributed by atoms with E-state index in [0.717, 1.165) is 22.8 Å². The van der Waals surface area contributed by atoms with Crippen LogP contribution in [0.5, 0.6) is 0 Å². The van der Waals surface area contributed by atoms with Crippen molar-refractivity contribution in [3.8, 4) is 0 Å². The Hall–Kier alpha value is -3.00. The third-order valence-electron chi connectivity index (χ3n) is 6.97. The third-order valence-corrected chi connectivity index (χ3v) is 7.33. The number of rotatable bonds is 4. The second kappa shape index (κ2) is 9.22. The van der Waals surface area contributed by atoms with Gasteiger partial charge in [0.2, 0.25) is 5.91 Å². The van der Waals surface area contributed by atoms with Crippen molar-refractivity contribution >= 4 is 34.3 Å². The van der Waals surface area contributed by atoms with Gasteiger partial charge in [-0.1, -0.05) is 11.6 Å². The van der Waals surface area contributed by atoms with Gasteiger partial charge in [0.15, 0.2) is 0 Å². The number of aryl methyl sites for hydroxylation is 2. The van der Waals surface area contributed by atoms with Crippen molar-refractivity contribution in [3.05, 3.63) is 68.9 Å². The Morgan fingerprint density at radius 2 is 1.74 bits per heavy atom. The van der Waals surface area contributed by atoms with Crippen LogP contribution in [0.2, 0.25) is 5.02 Å². The first-order valence-electron chi connectivity index (χ1n) is 11.4. The molecule has 3 aromatic rings. The minimum absolute atomic E-state index is 0.136. The molecule has 186 valence electrons. The lowest BCUT2D eigenvalue weighted by molar-refractivity contribution is -0.137. The molecule has 0 saturated carbocycles. The quantitative estimate of drug-likeness (QED) is 0.499. The second-order valence-corrected chi connectivity index (χ2v) is 9.70. The van der Waals surface area contributed by atoms with Gasteiger partial charge in [-0.15, -0.1) is 0 Å². The molecule has 0 spiro atoms. The summed E-state index contributed by atoms with van der Waals surface area (Å²) in [5.41, 5.74) is 8.66. The van der Waals surface area contributed by atoms with Crippen LogP contribution in [0, 0.1) is 26.7 Å². The van der Waals surface area contributed by atoms with Crippen molar-refractivity contribution in [1.82, 2.24) is 9.47 Å². The molecule has 1 aliphatic rings. The minimum Gasteiger partial charge on any atom is -0.369 e. The highest BCUT2D eigenvalue weighted by molar-refractivity contribution is 6.31. The van der Waals surface area contributed by atoms with Gasteiger partial charge in [-0.05, 0) is 80.1 Å². The lowest BCUT2D eigenvalue weighted by atomic mass is 9.94. The van der Waals surface area contributed by atoms with Gasteiger partial charge in [0, 0.05) is 47.7 Å². The molecular formula is C26H27ClF3N3O2. The number of hydrogen-bond acceptors (Lipinski definition) is 2. The average molecular weight is 506 g/mol. The smallest absolute Gasteiger partial charge is 0.369 e. The fraction of sp³-hybridized carbons (Fsp3) is 0.385. The lowest BCUT2D eigenvalue weighted by Gasteiger charge is -2.31. The van der Waals surface area contributed by atoms with Crippen molar-refractivity contribution in [2.75, 3.05) is 13.1 Å². The Morgan fingerprint density at radius 1 is 1.09 bits per heavy atom. The molecule has 0 atom stereocenters. The predicted molar refractivity (Wildman–Crippen MR) is 130 cm³/mol. The van der Waals surface area contributed by atoms with Crippen molar-refractivity contribution in [3.63, 3.8) is 0 Å². The van der Waals surface area contributed by atoms with Gasteiger partial charge >= 0.3 is 6.18 Å². The molecule has 2 amide bonds. The summed E-state index contributed by atoms with van der Waals surface area (Å²) in [5, 5.41) is 1.02. The Balaban J connectivity index is 1.68. The maximum atomic E-state index is 13.3. The van der Waals surface area contributed by atoms with Crippen molar-refractivity contribution in [2.24, 2.45) is 11.7 Å². The third kappa shape index (κ3) is 4.76. The van der Waals surface area contributed by atoms with Gasteiger partial charge in [-0.25, -0.2) is 0 Å². The number of fused-ring (bicyclic) bond motifs is 1. The van der Waals surface area contributed by atoms with E-state index in [0.29, 0.717) is 59.5 Å². The standard InChI is InChI=1S/C26H27ClF3N3O2/c1-14-10-18(26(28,29)30)11-20-15(2)12-33(23(14)20)13-21-16(3)19(4-5-22(21)27)25(35)32-8-6-17(7-9-32)24(31)34/h4-5,10-12,17H,6-9,13H2,1-3H3,(H2,31,34). The zero-order valence-corrected chi connectivity index (χ0v) is 20.6. The van der Waals surface area contributed by atoms with Gasteiger partial charge in [0.25, 0.3) is 5.91 Å². The summed E-state index contributed by atoms with van der Waals surface area (Å²) in [4.78, 5) is 26.4. The highest BCUT2D eigenvalue weighted by atomic mass is 35.5. The molecule has 0 bridgehead atoms. The first kappa shape index (κ1) is 25.1. The highest BCUT2D eigenvalue weighted by Gasteiger charge is 2.32. The Morgan fingerprint density at radius 3 is 2.34 bits per heavy atom. The summed E-state index contributed by atoms with van der Waals surface area (Å²) in [6, 6.07) is 5.71. The molecule has 0 radical (unpaired) electrons. The van der Waals surface area contributed by atoms with Crippen LogP contribution in [0.15, 0.2) is 30.5 Å². The first-order valence-corrected chi connectivity index (χ1v) is 11.8. The van der Waals surface area contributed by atoms with Crippen molar-refractivity contribution < 1.29 is 22.8 Å². The van der Waals surface area contributed by atoms with Crippen LogP contribution in [-0.4, -0.2) is 34.4 Å². The number of hydrogen-bond donors (Lipinski definition) is 1. The molecule has 1 fully saturated rings. The monoisotopic (exact) mass is 505 g/mol. The molecular weight excluding hydrogens is 479 g/mol. The number of nitrogens with zero attached hydrogens (tertiary/aromatic N) is 2. The maximum Gasteiger partial charge on any atom is 0.416 e. The molecule has 1 aliphatic heterocycles. The fourth-order valence-corrected chi connectivity index (χ4v) is 5.24. The molecule has 9 heteroatoms. The summed E-state index contributed by atoms with van der Waals surface area (Å²) in [6.45, 7) is 6.49. The molecule has 35 heavy (non-hydrogen) atoms. The van der Waals surface area contributed by atoms with Crippen molar-refractivity contribution in [1.29, 1.82) is 0 Å². The van der Waals surface area contributed by atoms with E-state index in [-0.39, 0.29) is 17.7 Å². The number of nitrogens with two attached hydrogens (primary N) is 1. The van der Waals surface area contributed by atoms with E-state index in [1.54, 1.807) is 30.9 Å². The molecule has 0 unspecified atom stereocenters.